The molecule has 19 heavy (non-hydrogen) atoms. The van der Waals surface area contributed by atoms with Gasteiger partial charge in [0.1, 0.15) is 17.5 Å². The van der Waals surface area contributed by atoms with Crippen molar-refractivity contribution < 1.29 is 0 Å². The molecule has 0 fully saturated rings. The Balaban J connectivity index is 2.30. The first kappa shape index (κ1) is 13.4. The maximum Gasteiger partial charge on any atom is 0.140 e. The van der Waals surface area contributed by atoms with Crippen LogP contribution in [0.5, 0.6) is 0 Å². The third kappa shape index (κ3) is 2.88. The molecule has 0 radical (unpaired) electrons. The van der Waals surface area contributed by atoms with Crippen LogP contribution in [0.3, 0.4) is 0 Å². The van der Waals surface area contributed by atoms with E-state index >= 15 is 0 Å². The van der Waals surface area contributed by atoms with Crippen LogP contribution in [0.1, 0.15) is 30.2 Å². The molecule has 0 aliphatic carbocycles. The lowest BCUT2D eigenvalue weighted by Gasteiger charge is -2.04. The summed E-state index contributed by atoms with van der Waals surface area (Å²) in [7, 11) is 0. The van der Waals surface area contributed by atoms with Crippen LogP contribution in [-0.2, 0) is 13.0 Å². The lowest BCUT2D eigenvalue weighted by Crippen LogP contribution is -2.06. The number of nitrogens with two attached hydrogens (primary N) is 1. The largest absolute Gasteiger partial charge is 0.383 e. The molecule has 0 saturated heterocycles. The second kappa shape index (κ2) is 5.77. The van der Waals surface area contributed by atoms with Gasteiger partial charge in [0, 0.05) is 5.02 Å². The third-order valence-electron chi connectivity index (χ3n) is 2.91. The molecule has 0 aliphatic heterocycles. The van der Waals surface area contributed by atoms with Crippen LogP contribution in [0.15, 0.2) is 24.3 Å². The van der Waals surface area contributed by atoms with Crippen molar-refractivity contribution in [3.63, 3.8) is 0 Å². The van der Waals surface area contributed by atoms with Crippen LogP contribution in [0.4, 0.5) is 5.82 Å². The Hall–Kier alpha value is -1.99. The predicted octanol–water partition coefficient (Wildman–Crippen LogP) is 2.99. The van der Waals surface area contributed by atoms with Gasteiger partial charge in [0.25, 0.3) is 0 Å². The summed E-state index contributed by atoms with van der Waals surface area (Å²) in [6.45, 7) is 2.59. The quantitative estimate of drug-likeness (QED) is 0.932. The minimum absolute atomic E-state index is 0.431. The van der Waals surface area contributed by atoms with Crippen LogP contribution in [-0.4, -0.2) is 9.78 Å². The maximum atomic E-state index is 9.14. The van der Waals surface area contributed by atoms with E-state index in [1.165, 1.54) is 0 Å². The molecule has 4 nitrogen and oxygen atoms in total. The van der Waals surface area contributed by atoms with Crippen LogP contribution in [0, 0.1) is 11.3 Å². The lowest BCUT2D eigenvalue weighted by molar-refractivity contribution is 0.676. The smallest absolute Gasteiger partial charge is 0.140 e. The summed E-state index contributed by atoms with van der Waals surface area (Å²) in [4.78, 5) is 0. The summed E-state index contributed by atoms with van der Waals surface area (Å²) in [5.41, 5.74) is 8.29. The third-order valence-corrected chi connectivity index (χ3v) is 3.16. The van der Waals surface area contributed by atoms with Gasteiger partial charge in [-0.05, 0) is 24.1 Å². The Labute approximate surface area is 117 Å². The minimum atomic E-state index is 0.431. The summed E-state index contributed by atoms with van der Waals surface area (Å²) in [6.07, 6.45) is 1.70. The van der Waals surface area contributed by atoms with E-state index in [4.69, 9.17) is 22.6 Å². The highest BCUT2D eigenvalue weighted by Gasteiger charge is 2.14. The Morgan fingerprint density at radius 2 is 2.05 bits per heavy atom. The standard InChI is InChI=1S/C14H15ClN4/c1-2-3-13-12(8-16)14(17)19(18-13)9-10-4-6-11(15)7-5-10/h4-7H,2-3,9,17H2,1H3. The maximum absolute atomic E-state index is 9.14. The number of benzene rings is 1. The molecule has 0 aliphatic rings. The molecule has 0 bridgehead atoms. The molecular weight excluding hydrogens is 260 g/mol. The number of halogens is 1. The van der Waals surface area contributed by atoms with E-state index in [1.807, 2.05) is 24.3 Å². The summed E-state index contributed by atoms with van der Waals surface area (Å²) >= 11 is 5.85. The van der Waals surface area contributed by atoms with Crippen molar-refractivity contribution in [1.29, 1.82) is 5.26 Å². The molecule has 5 heteroatoms. The van der Waals surface area contributed by atoms with Crippen molar-refractivity contribution in [2.24, 2.45) is 0 Å². The van der Waals surface area contributed by atoms with Crippen molar-refractivity contribution in [2.45, 2.75) is 26.3 Å². The van der Waals surface area contributed by atoms with Crippen LogP contribution in [0.25, 0.3) is 0 Å². The van der Waals surface area contributed by atoms with Crippen molar-refractivity contribution in [3.8, 4) is 6.07 Å². The number of hydrogen-bond donors (Lipinski definition) is 1. The first-order valence-corrected chi connectivity index (χ1v) is 6.53. The average Bonchev–Trinajstić information content (AvgIpc) is 2.69. The number of aromatic nitrogens is 2. The molecular formula is C14H15ClN4. The van der Waals surface area contributed by atoms with E-state index in [1.54, 1.807) is 4.68 Å². The summed E-state index contributed by atoms with van der Waals surface area (Å²) in [5.74, 6) is 0.431. The monoisotopic (exact) mass is 274 g/mol. The summed E-state index contributed by atoms with van der Waals surface area (Å²) in [5, 5.41) is 14.3. The van der Waals surface area contributed by atoms with Gasteiger partial charge in [-0.25, -0.2) is 4.68 Å². The molecule has 0 saturated carbocycles. The lowest BCUT2D eigenvalue weighted by atomic mass is 10.2. The molecule has 2 rings (SSSR count). The molecule has 98 valence electrons. The molecule has 1 aromatic heterocycles. The predicted molar refractivity (Wildman–Crippen MR) is 75.9 cm³/mol. The zero-order chi connectivity index (χ0) is 13.8. The molecule has 2 aromatic rings. The summed E-state index contributed by atoms with van der Waals surface area (Å²) in [6, 6.07) is 9.64. The minimum Gasteiger partial charge on any atom is -0.383 e. The van der Waals surface area contributed by atoms with Gasteiger partial charge in [0.2, 0.25) is 0 Å². The molecule has 0 amide bonds. The Morgan fingerprint density at radius 1 is 1.37 bits per heavy atom. The molecule has 1 heterocycles. The average molecular weight is 275 g/mol. The molecule has 0 unspecified atom stereocenters. The Morgan fingerprint density at radius 3 is 2.63 bits per heavy atom. The number of hydrogen-bond acceptors (Lipinski definition) is 3. The zero-order valence-electron chi connectivity index (χ0n) is 10.7. The second-order valence-electron chi connectivity index (χ2n) is 4.35. The van der Waals surface area contributed by atoms with E-state index in [0.717, 1.165) is 24.1 Å². The van der Waals surface area contributed by atoms with E-state index in [9.17, 15) is 0 Å². The number of rotatable bonds is 4. The first-order valence-electron chi connectivity index (χ1n) is 6.15. The van der Waals surface area contributed by atoms with Gasteiger partial charge in [0.15, 0.2) is 0 Å². The number of nitriles is 1. The van der Waals surface area contributed by atoms with Crippen molar-refractivity contribution in [1.82, 2.24) is 9.78 Å². The number of nitrogens with zero attached hydrogens (tertiary/aromatic N) is 3. The molecule has 0 atom stereocenters. The van der Waals surface area contributed by atoms with Gasteiger partial charge in [-0.15, -0.1) is 0 Å². The van der Waals surface area contributed by atoms with E-state index < -0.39 is 0 Å². The topological polar surface area (TPSA) is 67.6 Å². The van der Waals surface area contributed by atoms with Gasteiger partial charge in [-0.3, -0.25) is 0 Å². The van der Waals surface area contributed by atoms with Gasteiger partial charge in [-0.2, -0.15) is 10.4 Å². The SMILES string of the molecule is CCCc1nn(Cc2ccc(Cl)cc2)c(N)c1C#N. The normalized spacial score (nSPS) is 10.4. The molecule has 0 spiro atoms. The van der Waals surface area contributed by atoms with Crippen LogP contribution in [0.2, 0.25) is 5.02 Å². The molecule has 2 N–H and O–H groups in total. The van der Waals surface area contributed by atoms with E-state index in [-0.39, 0.29) is 0 Å². The fourth-order valence-electron chi connectivity index (χ4n) is 1.94. The fourth-order valence-corrected chi connectivity index (χ4v) is 2.07. The number of nitrogen functional groups attached to an aromatic ring is 1. The summed E-state index contributed by atoms with van der Waals surface area (Å²) < 4.78 is 1.67. The van der Waals surface area contributed by atoms with Gasteiger partial charge in [-0.1, -0.05) is 37.1 Å². The number of anilines is 1. The highest BCUT2D eigenvalue weighted by atomic mass is 35.5. The Kier molecular flexibility index (Phi) is 4.08. The van der Waals surface area contributed by atoms with Gasteiger partial charge in [0.05, 0.1) is 12.2 Å². The highest BCUT2D eigenvalue weighted by Crippen LogP contribution is 2.19. The second-order valence-corrected chi connectivity index (χ2v) is 4.79. The molecule has 1 aromatic carbocycles. The van der Waals surface area contributed by atoms with Crippen LogP contribution >= 0.6 is 11.6 Å². The van der Waals surface area contributed by atoms with Crippen molar-refractivity contribution in [3.05, 3.63) is 46.1 Å². The first-order chi connectivity index (χ1) is 9.15. The zero-order valence-corrected chi connectivity index (χ0v) is 11.5. The fraction of sp³-hybridized carbons (Fsp3) is 0.286. The van der Waals surface area contributed by atoms with Gasteiger partial charge < -0.3 is 5.73 Å². The van der Waals surface area contributed by atoms with Crippen LogP contribution < -0.4 is 5.73 Å². The van der Waals surface area contributed by atoms with E-state index in [0.29, 0.717) is 22.9 Å². The highest BCUT2D eigenvalue weighted by molar-refractivity contribution is 6.30. The van der Waals surface area contributed by atoms with Crippen molar-refractivity contribution in [2.75, 3.05) is 5.73 Å². The van der Waals surface area contributed by atoms with Gasteiger partial charge >= 0.3 is 0 Å². The Bertz CT molecular complexity index is 608. The van der Waals surface area contributed by atoms with E-state index in [2.05, 4.69) is 18.1 Å². The van der Waals surface area contributed by atoms with Crippen molar-refractivity contribution >= 4 is 17.4 Å². The number of aryl methyl sites for hydroxylation is 1.